The Hall–Kier alpha value is -0.120. The number of rotatable bonds is 6. The van der Waals surface area contributed by atoms with Crippen LogP contribution in [0.15, 0.2) is 0 Å². The maximum absolute atomic E-state index is 10.3. The third kappa shape index (κ3) is 4.09. The van der Waals surface area contributed by atoms with Crippen LogP contribution in [0.25, 0.3) is 0 Å². The van der Waals surface area contributed by atoms with Crippen molar-refractivity contribution < 1.29 is 10.2 Å². The van der Waals surface area contributed by atoms with Gasteiger partial charge in [0.25, 0.3) is 0 Å². The van der Waals surface area contributed by atoms with Gasteiger partial charge >= 0.3 is 0 Å². The second kappa shape index (κ2) is 5.83. The molecule has 0 amide bonds. The Morgan fingerprint density at radius 3 is 2.33 bits per heavy atom. The van der Waals surface area contributed by atoms with Crippen molar-refractivity contribution in [3.05, 3.63) is 0 Å². The highest BCUT2D eigenvalue weighted by Crippen LogP contribution is 2.30. The van der Waals surface area contributed by atoms with Crippen molar-refractivity contribution in [3.8, 4) is 0 Å². The Morgan fingerprint density at radius 2 is 1.87 bits per heavy atom. The van der Waals surface area contributed by atoms with Gasteiger partial charge in [0.2, 0.25) is 0 Å². The van der Waals surface area contributed by atoms with E-state index in [1.54, 1.807) is 0 Å². The van der Waals surface area contributed by atoms with Gasteiger partial charge in [-0.25, -0.2) is 0 Å². The smallest absolute Gasteiger partial charge is 0.0774 e. The maximum atomic E-state index is 10.3. The summed E-state index contributed by atoms with van der Waals surface area (Å²) in [6, 6.07) is 0.446. The summed E-state index contributed by atoms with van der Waals surface area (Å²) in [5.74, 6) is 0. The van der Waals surface area contributed by atoms with Gasteiger partial charge in [-0.15, -0.1) is 0 Å². The molecule has 3 heteroatoms. The number of hydrogen-bond acceptors (Lipinski definition) is 3. The minimum Gasteiger partial charge on any atom is -0.396 e. The molecule has 0 spiro atoms. The predicted molar refractivity (Wildman–Crippen MR) is 61.8 cm³/mol. The number of aliphatic hydroxyl groups excluding tert-OH is 1. The van der Waals surface area contributed by atoms with Crippen molar-refractivity contribution in [2.75, 3.05) is 19.7 Å². The third-order valence-corrected chi connectivity index (χ3v) is 3.37. The van der Waals surface area contributed by atoms with Crippen LogP contribution in [0.2, 0.25) is 0 Å². The predicted octanol–water partition coefficient (Wildman–Crippen LogP) is 1.38. The lowest BCUT2D eigenvalue weighted by Crippen LogP contribution is -2.44. The summed E-state index contributed by atoms with van der Waals surface area (Å²) in [7, 11) is 0. The Balaban J connectivity index is 2.42. The van der Waals surface area contributed by atoms with E-state index in [-0.39, 0.29) is 6.61 Å². The van der Waals surface area contributed by atoms with Crippen LogP contribution >= 0.6 is 0 Å². The average molecular weight is 215 g/mol. The highest BCUT2D eigenvalue weighted by Gasteiger charge is 2.33. The molecular weight excluding hydrogens is 190 g/mol. The number of nitrogens with zero attached hydrogens (tertiary/aromatic N) is 1. The summed E-state index contributed by atoms with van der Waals surface area (Å²) >= 11 is 0. The van der Waals surface area contributed by atoms with E-state index in [2.05, 4.69) is 18.7 Å². The lowest BCUT2D eigenvalue weighted by atomic mass is 10.0. The first-order chi connectivity index (χ1) is 7.07. The Kier molecular flexibility index (Phi) is 5.03. The average Bonchev–Trinajstić information content (AvgIpc) is 2.59. The molecule has 15 heavy (non-hydrogen) atoms. The van der Waals surface area contributed by atoms with Gasteiger partial charge in [-0.1, -0.05) is 12.8 Å². The third-order valence-electron chi connectivity index (χ3n) is 3.37. The molecule has 0 aliphatic heterocycles. The van der Waals surface area contributed by atoms with Gasteiger partial charge in [-0.3, -0.25) is 4.90 Å². The SMILES string of the molecule is CC(C)N(CCCO)CC1(O)CCCC1. The van der Waals surface area contributed by atoms with E-state index in [0.29, 0.717) is 6.04 Å². The molecule has 90 valence electrons. The second-order valence-corrected chi connectivity index (χ2v) is 5.07. The minimum atomic E-state index is -0.459. The van der Waals surface area contributed by atoms with Crippen LogP contribution < -0.4 is 0 Å². The van der Waals surface area contributed by atoms with Crippen LogP contribution in [0.3, 0.4) is 0 Å². The molecule has 0 unspecified atom stereocenters. The Morgan fingerprint density at radius 1 is 1.27 bits per heavy atom. The molecule has 3 nitrogen and oxygen atoms in total. The van der Waals surface area contributed by atoms with Crippen LogP contribution in [0.4, 0.5) is 0 Å². The van der Waals surface area contributed by atoms with Gasteiger partial charge in [0.05, 0.1) is 5.60 Å². The molecule has 0 radical (unpaired) electrons. The van der Waals surface area contributed by atoms with E-state index in [1.807, 2.05) is 0 Å². The van der Waals surface area contributed by atoms with E-state index in [4.69, 9.17) is 5.11 Å². The first-order valence-electron chi connectivity index (χ1n) is 6.15. The molecule has 0 aromatic carbocycles. The lowest BCUT2D eigenvalue weighted by molar-refractivity contribution is -0.000934. The molecule has 1 fully saturated rings. The molecule has 0 heterocycles. The first kappa shape index (κ1) is 12.9. The molecule has 0 aromatic rings. The summed E-state index contributed by atoms with van der Waals surface area (Å²) < 4.78 is 0. The minimum absolute atomic E-state index is 0.238. The topological polar surface area (TPSA) is 43.7 Å². The highest BCUT2D eigenvalue weighted by atomic mass is 16.3. The largest absolute Gasteiger partial charge is 0.396 e. The molecule has 1 saturated carbocycles. The Labute approximate surface area is 93.1 Å². The fraction of sp³-hybridized carbons (Fsp3) is 1.00. The van der Waals surface area contributed by atoms with Crippen molar-refractivity contribution in [3.63, 3.8) is 0 Å². The van der Waals surface area contributed by atoms with Gasteiger partial charge in [-0.2, -0.15) is 0 Å². The van der Waals surface area contributed by atoms with Crippen LogP contribution in [-0.4, -0.2) is 46.5 Å². The quantitative estimate of drug-likeness (QED) is 0.703. The number of hydrogen-bond donors (Lipinski definition) is 2. The van der Waals surface area contributed by atoms with Crippen LogP contribution in [0.1, 0.15) is 46.0 Å². The van der Waals surface area contributed by atoms with Crippen LogP contribution in [0, 0.1) is 0 Å². The first-order valence-corrected chi connectivity index (χ1v) is 6.15. The normalized spacial score (nSPS) is 20.4. The van der Waals surface area contributed by atoms with Gasteiger partial charge in [0.15, 0.2) is 0 Å². The lowest BCUT2D eigenvalue weighted by Gasteiger charge is -2.34. The van der Waals surface area contributed by atoms with Gasteiger partial charge in [-0.05, 0) is 33.1 Å². The zero-order valence-corrected chi connectivity index (χ0v) is 10.1. The van der Waals surface area contributed by atoms with Crippen molar-refractivity contribution in [1.29, 1.82) is 0 Å². The standard InChI is InChI=1S/C12H25NO2/c1-11(2)13(8-5-9-14)10-12(15)6-3-4-7-12/h11,14-15H,3-10H2,1-2H3. The second-order valence-electron chi connectivity index (χ2n) is 5.07. The fourth-order valence-corrected chi connectivity index (χ4v) is 2.36. The zero-order valence-electron chi connectivity index (χ0n) is 10.1. The highest BCUT2D eigenvalue weighted by molar-refractivity contribution is 4.88. The van der Waals surface area contributed by atoms with E-state index >= 15 is 0 Å². The van der Waals surface area contributed by atoms with E-state index in [9.17, 15) is 5.11 Å². The van der Waals surface area contributed by atoms with Crippen molar-refractivity contribution in [2.45, 2.75) is 57.6 Å². The molecule has 1 aliphatic carbocycles. The maximum Gasteiger partial charge on any atom is 0.0774 e. The Bertz CT molecular complexity index is 176. The molecule has 0 atom stereocenters. The number of aliphatic hydroxyl groups is 2. The fourth-order valence-electron chi connectivity index (χ4n) is 2.36. The van der Waals surface area contributed by atoms with Crippen molar-refractivity contribution in [2.24, 2.45) is 0 Å². The molecular formula is C12H25NO2. The van der Waals surface area contributed by atoms with E-state index in [1.165, 1.54) is 0 Å². The summed E-state index contributed by atoms with van der Waals surface area (Å²) in [5.41, 5.74) is -0.459. The molecule has 2 N–H and O–H groups in total. The summed E-state index contributed by atoms with van der Waals surface area (Å²) in [4.78, 5) is 2.28. The summed E-state index contributed by atoms with van der Waals surface area (Å²) in [5, 5.41) is 19.1. The summed E-state index contributed by atoms with van der Waals surface area (Å²) in [6.45, 7) is 6.19. The zero-order chi connectivity index (χ0) is 11.3. The van der Waals surface area contributed by atoms with Crippen LogP contribution in [-0.2, 0) is 0 Å². The van der Waals surface area contributed by atoms with Crippen LogP contribution in [0.5, 0.6) is 0 Å². The molecule has 1 rings (SSSR count). The monoisotopic (exact) mass is 215 g/mol. The molecule has 0 aromatic heterocycles. The van der Waals surface area contributed by atoms with E-state index < -0.39 is 5.60 Å². The van der Waals surface area contributed by atoms with Gasteiger partial charge in [0, 0.05) is 25.7 Å². The van der Waals surface area contributed by atoms with Crippen molar-refractivity contribution >= 4 is 0 Å². The summed E-state index contributed by atoms with van der Waals surface area (Å²) in [6.07, 6.45) is 4.99. The van der Waals surface area contributed by atoms with Gasteiger partial charge < -0.3 is 10.2 Å². The van der Waals surface area contributed by atoms with Crippen molar-refractivity contribution in [1.82, 2.24) is 4.90 Å². The molecule has 0 bridgehead atoms. The van der Waals surface area contributed by atoms with E-state index in [0.717, 1.165) is 45.2 Å². The molecule has 0 saturated heterocycles. The van der Waals surface area contributed by atoms with Gasteiger partial charge in [0.1, 0.15) is 0 Å². The molecule has 1 aliphatic rings.